The number of fused-ring (bicyclic) bond motifs is 4. The van der Waals surface area contributed by atoms with E-state index < -0.39 is 0 Å². The Morgan fingerprint density at radius 3 is 2.73 bits per heavy atom. The molecule has 2 aromatic heterocycles. The van der Waals surface area contributed by atoms with Gasteiger partial charge in [0, 0.05) is 55.3 Å². The summed E-state index contributed by atoms with van der Waals surface area (Å²) in [6.45, 7) is 2.12. The zero-order valence-electron chi connectivity index (χ0n) is 12.2. The molecule has 5 heteroatoms. The molecule has 0 unspecified atom stereocenters. The van der Waals surface area contributed by atoms with Crippen molar-refractivity contribution < 1.29 is 4.79 Å². The van der Waals surface area contributed by atoms with Crippen molar-refractivity contribution in [2.24, 2.45) is 5.92 Å². The molecule has 2 aliphatic heterocycles. The number of hydrogen-bond acceptors (Lipinski definition) is 3. The third kappa shape index (κ3) is 2.13. The minimum atomic E-state index is 0.0591. The first-order chi connectivity index (χ1) is 10.7. The number of amides is 1. The molecule has 1 fully saturated rings. The van der Waals surface area contributed by atoms with E-state index >= 15 is 0 Å². The summed E-state index contributed by atoms with van der Waals surface area (Å²) in [5.41, 5.74) is 1.82. The molecule has 4 heterocycles. The number of rotatable bonds is 1. The van der Waals surface area contributed by atoms with Crippen molar-refractivity contribution in [2.45, 2.75) is 18.9 Å². The second kappa shape index (κ2) is 5.09. The van der Waals surface area contributed by atoms with Crippen LogP contribution in [0.4, 0.5) is 0 Å². The van der Waals surface area contributed by atoms with Gasteiger partial charge >= 0.3 is 0 Å². The maximum Gasteiger partial charge on any atom is 0.253 e. The SMILES string of the molecule is O=C(c1ccncc1)N1C[C@H]2C[C@H](C1)c1cccc(=O)n1C2. The van der Waals surface area contributed by atoms with E-state index in [9.17, 15) is 9.59 Å². The highest BCUT2D eigenvalue weighted by molar-refractivity contribution is 5.94. The van der Waals surface area contributed by atoms with Crippen LogP contribution < -0.4 is 5.56 Å². The van der Waals surface area contributed by atoms with Crippen LogP contribution in [0.15, 0.2) is 47.5 Å². The standard InChI is InChI=1S/C17H17N3O2/c21-16-3-1-2-15-14-8-12(10-20(15)16)9-19(11-14)17(22)13-4-6-18-7-5-13/h1-7,12,14H,8-11H2/t12-,14-/m1/s1. The number of carbonyl (C=O) groups excluding carboxylic acids is 1. The van der Waals surface area contributed by atoms with Crippen molar-refractivity contribution in [1.82, 2.24) is 14.5 Å². The van der Waals surface area contributed by atoms with Gasteiger partial charge in [0.05, 0.1) is 0 Å². The van der Waals surface area contributed by atoms with Gasteiger partial charge in [-0.1, -0.05) is 6.07 Å². The molecule has 2 atom stereocenters. The Kier molecular flexibility index (Phi) is 3.06. The van der Waals surface area contributed by atoms with Crippen LogP contribution in [-0.2, 0) is 6.54 Å². The first-order valence-electron chi connectivity index (χ1n) is 7.61. The van der Waals surface area contributed by atoms with Gasteiger partial charge in [0.2, 0.25) is 0 Å². The Morgan fingerprint density at radius 1 is 1.09 bits per heavy atom. The van der Waals surface area contributed by atoms with Crippen molar-refractivity contribution >= 4 is 5.91 Å². The molecule has 22 heavy (non-hydrogen) atoms. The Hall–Kier alpha value is -2.43. The maximum atomic E-state index is 12.6. The fourth-order valence-electron chi connectivity index (χ4n) is 3.74. The second-order valence-electron chi connectivity index (χ2n) is 6.14. The molecule has 1 amide bonds. The Labute approximate surface area is 128 Å². The van der Waals surface area contributed by atoms with E-state index in [1.54, 1.807) is 30.6 Å². The number of likely N-dealkylation sites (tertiary alicyclic amines) is 1. The Morgan fingerprint density at radius 2 is 1.91 bits per heavy atom. The predicted octanol–water partition coefficient (Wildman–Crippen LogP) is 1.50. The number of aromatic nitrogens is 2. The van der Waals surface area contributed by atoms with Crippen molar-refractivity contribution in [3.8, 4) is 0 Å². The van der Waals surface area contributed by atoms with Gasteiger partial charge in [0.15, 0.2) is 0 Å². The largest absolute Gasteiger partial charge is 0.338 e. The van der Waals surface area contributed by atoms with Gasteiger partial charge in [0.25, 0.3) is 11.5 Å². The lowest BCUT2D eigenvalue weighted by atomic mass is 9.83. The van der Waals surface area contributed by atoms with E-state index in [2.05, 4.69) is 4.98 Å². The molecular formula is C17H17N3O2. The Balaban J connectivity index is 1.64. The minimum Gasteiger partial charge on any atom is -0.338 e. The number of hydrogen-bond donors (Lipinski definition) is 0. The van der Waals surface area contributed by atoms with E-state index in [0.29, 0.717) is 24.6 Å². The van der Waals surface area contributed by atoms with Gasteiger partial charge < -0.3 is 9.47 Å². The first-order valence-corrected chi connectivity index (χ1v) is 7.61. The number of nitrogens with zero attached hydrogens (tertiary/aromatic N) is 3. The van der Waals surface area contributed by atoms with Gasteiger partial charge in [-0.05, 0) is 30.5 Å². The molecule has 0 aliphatic carbocycles. The lowest BCUT2D eigenvalue weighted by molar-refractivity contribution is 0.0594. The molecule has 4 rings (SSSR count). The summed E-state index contributed by atoms with van der Waals surface area (Å²) in [4.78, 5) is 30.5. The van der Waals surface area contributed by atoms with Gasteiger partial charge in [-0.15, -0.1) is 0 Å². The maximum absolute atomic E-state index is 12.6. The van der Waals surface area contributed by atoms with Crippen molar-refractivity contribution in [3.63, 3.8) is 0 Å². The molecule has 5 nitrogen and oxygen atoms in total. The summed E-state index contributed by atoms with van der Waals surface area (Å²) >= 11 is 0. The highest BCUT2D eigenvalue weighted by atomic mass is 16.2. The molecule has 0 N–H and O–H groups in total. The second-order valence-corrected chi connectivity index (χ2v) is 6.14. The molecule has 2 bridgehead atoms. The normalized spacial score (nSPS) is 23.0. The average Bonchev–Trinajstić information content (AvgIpc) is 2.56. The van der Waals surface area contributed by atoms with Crippen molar-refractivity contribution in [1.29, 1.82) is 0 Å². The zero-order valence-corrected chi connectivity index (χ0v) is 12.2. The quantitative estimate of drug-likeness (QED) is 0.801. The van der Waals surface area contributed by atoms with E-state index in [1.165, 1.54) is 0 Å². The van der Waals surface area contributed by atoms with E-state index in [0.717, 1.165) is 18.7 Å². The topological polar surface area (TPSA) is 55.2 Å². The van der Waals surface area contributed by atoms with Crippen LogP contribution in [0.5, 0.6) is 0 Å². The molecule has 0 radical (unpaired) electrons. The average molecular weight is 295 g/mol. The molecular weight excluding hydrogens is 278 g/mol. The summed E-state index contributed by atoms with van der Waals surface area (Å²) in [6.07, 6.45) is 4.35. The van der Waals surface area contributed by atoms with Crippen LogP contribution in [0.1, 0.15) is 28.4 Å². The summed E-state index contributed by atoms with van der Waals surface area (Å²) in [5, 5.41) is 0. The van der Waals surface area contributed by atoms with Gasteiger partial charge in [-0.2, -0.15) is 0 Å². The third-order valence-electron chi connectivity index (χ3n) is 4.69. The molecule has 0 saturated carbocycles. The Bertz CT molecular complexity index is 769. The highest BCUT2D eigenvalue weighted by Crippen LogP contribution is 2.35. The summed E-state index contributed by atoms with van der Waals surface area (Å²) < 4.78 is 1.88. The smallest absolute Gasteiger partial charge is 0.253 e. The van der Waals surface area contributed by atoms with Crippen LogP contribution in [0.3, 0.4) is 0 Å². The van der Waals surface area contributed by atoms with E-state index in [4.69, 9.17) is 0 Å². The van der Waals surface area contributed by atoms with Crippen molar-refractivity contribution in [3.05, 3.63) is 64.3 Å². The fraction of sp³-hybridized carbons (Fsp3) is 0.353. The van der Waals surface area contributed by atoms with Gasteiger partial charge in [0.1, 0.15) is 0 Å². The first kappa shape index (κ1) is 13.2. The lowest BCUT2D eigenvalue weighted by Crippen LogP contribution is -2.49. The van der Waals surface area contributed by atoms with E-state index in [-0.39, 0.29) is 17.4 Å². The van der Waals surface area contributed by atoms with Crippen LogP contribution in [0.25, 0.3) is 0 Å². The zero-order chi connectivity index (χ0) is 15.1. The number of piperidine rings is 1. The molecule has 0 spiro atoms. The van der Waals surface area contributed by atoms with Crippen LogP contribution in [0, 0.1) is 5.92 Å². The van der Waals surface area contributed by atoms with Crippen LogP contribution in [-0.4, -0.2) is 33.4 Å². The molecule has 2 aliphatic rings. The van der Waals surface area contributed by atoms with E-state index in [1.807, 2.05) is 21.6 Å². The number of pyridine rings is 2. The summed E-state index contributed by atoms with van der Waals surface area (Å²) in [7, 11) is 0. The predicted molar refractivity (Wildman–Crippen MR) is 81.7 cm³/mol. The third-order valence-corrected chi connectivity index (χ3v) is 4.69. The van der Waals surface area contributed by atoms with Gasteiger partial charge in [-0.3, -0.25) is 14.6 Å². The van der Waals surface area contributed by atoms with Gasteiger partial charge in [-0.25, -0.2) is 0 Å². The fourth-order valence-corrected chi connectivity index (χ4v) is 3.74. The highest BCUT2D eigenvalue weighted by Gasteiger charge is 2.36. The van der Waals surface area contributed by atoms with Crippen LogP contribution in [0.2, 0.25) is 0 Å². The number of carbonyl (C=O) groups is 1. The monoisotopic (exact) mass is 295 g/mol. The minimum absolute atomic E-state index is 0.0591. The molecule has 1 saturated heterocycles. The van der Waals surface area contributed by atoms with Crippen LogP contribution >= 0.6 is 0 Å². The molecule has 2 aromatic rings. The lowest BCUT2D eigenvalue weighted by Gasteiger charge is -2.42. The molecule has 0 aromatic carbocycles. The summed E-state index contributed by atoms with van der Waals surface area (Å²) in [6, 6.07) is 8.96. The molecule has 112 valence electrons. The van der Waals surface area contributed by atoms with Crippen molar-refractivity contribution in [2.75, 3.05) is 13.1 Å². The summed E-state index contributed by atoms with van der Waals surface area (Å²) in [5.74, 6) is 0.674.